The van der Waals surface area contributed by atoms with Gasteiger partial charge in [-0.2, -0.15) is 4.31 Å². The third-order valence-corrected chi connectivity index (χ3v) is 8.50. The Labute approximate surface area is 181 Å². The summed E-state index contributed by atoms with van der Waals surface area (Å²) in [5.41, 5.74) is 0.826. The van der Waals surface area contributed by atoms with Crippen LogP contribution in [0.5, 0.6) is 0 Å². The molecule has 1 atom stereocenters. The van der Waals surface area contributed by atoms with E-state index in [2.05, 4.69) is 0 Å². The Balaban J connectivity index is 1.63. The second-order valence-electron chi connectivity index (χ2n) is 7.28. The molecule has 0 radical (unpaired) electrons. The first-order valence-corrected chi connectivity index (χ1v) is 12.9. The summed E-state index contributed by atoms with van der Waals surface area (Å²) in [6, 6.07) is 13.9. The van der Waals surface area contributed by atoms with Gasteiger partial charge in [0.25, 0.3) is 5.91 Å². The van der Waals surface area contributed by atoms with E-state index in [9.17, 15) is 21.6 Å². The molecule has 1 amide bonds. The Bertz CT molecular complexity index is 1190. The number of amides is 1. The fourth-order valence-corrected chi connectivity index (χ4v) is 6.29. The number of hydrogen-bond acceptors (Lipinski definition) is 6. The largest absolute Gasteiger partial charge is 0.379 e. The molecule has 2 aromatic rings. The van der Waals surface area contributed by atoms with E-state index in [1.165, 1.54) is 39.5 Å². The number of benzene rings is 2. The Kier molecular flexibility index (Phi) is 5.98. The SMILES string of the molecule is O=C(c1ccc(S(=O)(=O)N2CCOCC2)cc1)N(c1ccccc1)[C@@H]1C=CS(=O)(=O)C1. The van der Waals surface area contributed by atoms with Gasteiger partial charge in [-0.15, -0.1) is 0 Å². The van der Waals surface area contributed by atoms with Crippen molar-refractivity contribution in [3.8, 4) is 0 Å². The van der Waals surface area contributed by atoms with Gasteiger partial charge >= 0.3 is 0 Å². The van der Waals surface area contributed by atoms with E-state index >= 15 is 0 Å². The lowest BCUT2D eigenvalue weighted by molar-refractivity contribution is 0.0730. The molecule has 4 rings (SSSR count). The molecule has 0 bridgehead atoms. The van der Waals surface area contributed by atoms with Crippen molar-refractivity contribution in [1.82, 2.24) is 4.31 Å². The van der Waals surface area contributed by atoms with Crippen LogP contribution in [0.1, 0.15) is 10.4 Å². The molecule has 2 heterocycles. The van der Waals surface area contributed by atoms with Crippen LogP contribution >= 0.6 is 0 Å². The lowest BCUT2D eigenvalue weighted by Crippen LogP contribution is -2.41. The third kappa shape index (κ3) is 4.57. The van der Waals surface area contributed by atoms with Crippen LogP contribution in [0, 0.1) is 0 Å². The number of anilines is 1. The van der Waals surface area contributed by atoms with Gasteiger partial charge < -0.3 is 9.64 Å². The van der Waals surface area contributed by atoms with Crippen LogP contribution in [-0.2, 0) is 24.6 Å². The standard InChI is InChI=1S/C21H22N2O6S2/c24-21(23(18-4-2-1-3-5-18)19-10-15-30(25,26)16-19)17-6-8-20(9-7-17)31(27,28)22-11-13-29-14-12-22/h1-10,15,19H,11-14,16H2/t19-/m1/s1. The maximum absolute atomic E-state index is 13.3. The predicted molar refractivity (Wildman–Crippen MR) is 116 cm³/mol. The van der Waals surface area contributed by atoms with Crippen molar-refractivity contribution in [2.45, 2.75) is 10.9 Å². The maximum Gasteiger partial charge on any atom is 0.258 e. The number of rotatable bonds is 5. The number of para-hydroxylation sites is 1. The molecule has 8 nitrogen and oxygen atoms in total. The Morgan fingerprint density at radius 2 is 1.65 bits per heavy atom. The van der Waals surface area contributed by atoms with Crippen molar-refractivity contribution in [2.24, 2.45) is 0 Å². The number of ether oxygens (including phenoxy) is 1. The zero-order valence-electron chi connectivity index (χ0n) is 16.6. The second-order valence-corrected chi connectivity index (χ2v) is 11.1. The summed E-state index contributed by atoms with van der Waals surface area (Å²) >= 11 is 0. The fraction of sp³-hybridized carbons (Fsp3) is 0.286. The second kappa shape index (κ2) is 8.54. The molecule has 10 heteroatoms. The highest BCUT2D eigenvalue weighted by atomic mass is 32.2. The number of sulfone groups is 1. The zero-order chi connectivity index (χ0) is 22.1. The van der Waals surface area contributed by atoms with E-state index in [1.807, 2.05) is 0 Å². The average Bonchev–Trinajstić information content (AvgIpc) is 3.14. The van der Waals surface area contributed by atoms with Crippen LogP contribution in [0.3, 0.4) is 0 Å². The van der Waals surface area contributed by atoms with Gasteiger partial charge in [-0.25, -0.2) is 16.8 Å². The smallest absolute Gasteiger partial charge is 0.258 e. The molecular weight excluding hydrogens is 440 g/mol. The van der Waals surface area contributed by atoms with Crippen LogP contribution in [0.25, 0.3) is 0 Å². The molecule has 0 aliphatic carbocycles. The fourth-order valence-electron chi connectivity index (χ4n) is 3.61. The molecule has 0 saturated carbocycles. The van der Waals surface area contributed by atoms with Gasteiger partial charge in [0.15, 0.2) is 9.84 Å². The number of morpholine rings is 1. The third-order valence-electron chi connectivity index (χ3n) is 5.21. The Morgan fingerprint density at radius 1 is 1.00 bits per heavy atom. The van der Waals surface area contributed by atoms with Crippen molar-refractivity contribution in [3.63, 3.8) is 0 Å². The molecule has 0 N–H and O–H groups in total. The zero-order valence-corrected chi connectivity index (χ0v) is 18.3. The van der Waals surface area contributed by atoms with Gasteiger partial charge in [0.1, 0.15) is 0 Å². The van der Waals surface area contributed by atoms with Gasteiger partial charge in [0.05, 0.1) is 29.9 Å². The highest BCUT2D eigenvalue weighted by Gasteiger charge is 2.32. The first kappa shape index (κ1) is 21.7. The van der Waals surface area contributed by atoms with E-state index in [1.54, 1.807) is 30.3 Å². The molecular formula is C21H22N2O6S2. The van der Waals surface area contributed by atoms with Crippen molar-refractivity contribution >= 4 is 31.5 Å². The topological polar surface area (TPSA) is 101 Å². The van der Waals surface area contributed by atoms with Gasteiger partial charge in [-0.3, -0.25) is 4.79 Å². The summed E-state index contributed by atoms with van der Waals surface area (Å²) in [6.45, 7) is 1.26. The van der Waals surface area contributed by atoms with Crippen molar-refractivity contribution in [1.29, 1.82) is 0 Å². The Hall–Kier alpha value is -2.53. The molecule has 31 heavy (non-hydrogen) atoms. The van der Waals surface area contributed by atoms with Crippen LogP contribution in [0.4, 0.5) is 5.69 Å². The van der Waals surface area contributed by atoms with Crippen molar-refractivity contribution in [2.75, 3.05) is 37.0 Å². The first-order chi connectivity index (χ1) is 14.8. The summed E-state index contributed by atoms with van der Waals surface area (Å²) in [7, 11) is -7.04. The molecule has 1 saturated heterocycles. The summed E-state index contributed by atoms with van der Waals surface area (Å²) in [5.74, 6) is -0.606. The number of sulfonamides is 1. The molecule has 0 aromatic heterocycles. The predicted octanol–water partition coefficient (Wildman–Crippen LogP) is 1.66. The van der Waals surface area contributed by atoms with Crippen LogP contribution < -0.4 is 4.90 Å². The molecule has 2 aliphatic heterocycles. The van der Waals surface area contributed by atoms with E-state index in [0.29, 0.717) is 18.9 Å². The first-order valence-electron chi connectivity index (χ1n) is 9.75. The monoisotopic (exact) mass is 462 g/mol. The van der Waals surface area contributed by atoms with E-state index in [-0.39, 0.29) is 29.3 Å². The lowest BCUT2D eigenvalue weighted by Gasteiger charge is -2.28. The highest BCUT2D eigenvalue weighted by Crippen LogP contribution is 2.26. The quantitative estimate of drug-likeness (QED) is 0.670. The Morgan fingerprint density at radius 3 is 2.23 bits per heavy atom. The normalized spacial score (nSPS) is 21.1. The van der Waals surface area contributed by atoms with Gasteiger partial charge in [0.2, 0.25) is 10.0 Å². The van der Waals surface area contributed by atoms with E-state index < -0.39 is 31.8 Å². The number of carbonyl (C=O) groups is 1. The average molecular weight is 463 g/mol. The lowest BCUT2D eigenvalue weighted by atomic mass is 10.1. The number of hydrogen-bond donors (Lipinski definition) is 0. The summed E-state index contributed by atoms with van der Waals surface area (Å²) in [5, 5.41) is 1.12. The molecule has 2 aromatic carbocycles. The molecule has 0 unspecified atom stereocenters. The number of carbonyl (C=O) groups excluding carboxylic acids is 1. The van der Waals surface area contributed by atoms with Gasteiger partial charge in [0, 0.05) is 29.7 Å². The van der Waals surface area contributed by atoms with Crippen molar-refractivity contribution in [3.05, 3.63) is 71.6 Å². The molecule has 164 valence electrons. The van der Waals surface area contributed by atoms with Crippen LogP contribution in [0.15, 0.2) is 71.0 Å². The minimum atomic E-state index is -3.67. The van der Waals surface area contributed by atoms with Crippen LogP contribution in [-0.4, -0.2) is 65.1 Å². The molecule has 0 spiro atoms. The van der Waals surface area contributed by atoms with Crippen molar-refractivity contribution < 1.29 is 26.4 Å². The highest BCUT2D eigenvalue weighted by molar-refractivity contribution is 7.94. The molecule has 1 fully saturated rings. The molecule has 2 aliphatic rings. The summed E-state index contributed by atoms with van der Waals surface area (Å²) in [4.78, 5) is 14.8. The number of nitrogens with zero attached hydrogens (tertiary/aromatic N) is 2. The summed E-state index contributed by atoms with van der Waals surface area (Å²) in [6.07, 6.45) is 1.50. The summed E-state index contributed by atoms with van der Waals surface area (Å²) < 4.78 is 56.0. The minimum absolute atomic E-state index is 0.0977. The van der Waals surface area contributed by atoms with Gasteiger partial charge in [-0.05, 0) is 42.5 Å². The van der Waals surface area contributed by atoms with E-state index in [4.69, 9.17) is 4.74 Å². The van der Waals surface area contributed by atoms with Crippen LogP contribution in [0.2, 0.25) is 0 Å². The maximum atomic E-state index is 13.3. The minimum Gasteiger partial charge on any atom is -0.379 e. The van der Waals surface area contributed by atoms with E-state index in [0.717, 1.165) is 5.41 Å². The van der Waals surface area contributed by atoms with Gasteiger partial charge in [-0.1, -0.05) is 18.2 Å².